The fourth-order valence-electron chi connectivity index (χ4n) is 6.55. The normalized spacial score (nSPS) is 21.6. The molecule has 3 fully saturated rings. The number of nitriles is 1. The zero-order valence-electron chi connectivity index (χ0n) is 22.1. The Kier molecular flexibility index (Phi) is 6.59. The number of alkyl halides is 2. The van der Waals surface area contributed by atoms with Gasteiger partial charge >= 0.3 is 0 Å². The lowest BCUT2D eigenvalue weighted by molar-refractivity contribution is -0.0527. The summed E-state index contributed by atoms with van der Waals surface area (Å²) in [5, 5.41) is 18.2. The third-order valence-corrected chi connectivity index (χ3v) is 8.95. The number of aromatic nitrogens is 1. The zero-order chi connectivity index (χ0) is 27.4. The Morgan fingerprint density at radius 3 is 2.67 bits per heavy atom. The van der Waals surface area contributed by atoms with Crippen molar-refractivity contribution in [1.29, 1.82) is 5.26 Å². The van der Waals surface area contributed by atoms with Crippen LogP contribution >= 0.6 is 11.6 Å². The Labute approximate surface area is 232 Å². The molecule has 6 rings (SSSR count). The van der Waals surface area contributed by atoms with Crippen molar-refractivity contribution in [1.82, 2.24) is 9.88 Å². The average Bonchev–Trinajstić information content (AvgIpc) is 3.70. The van der Waals surface area contributed by atoms with Gasteiger partial charge in [-0.3, -0.25) is 4.90 Å². The predicted molar refractivity (Wildman–Crippen MR) is 150 cm³/mol. The van der Waals surface area contributed by atoms with E-state index in [1.54, 1.807) is 0 Å². The van der Waals surface area contributed by atoms with Crippen LogP contribution in [0.3, 0.4) is 0 Å². The number of hydrogen-bond acceptors (Lipinski definition) is 6. The molecule has 0 unspecified atom stereocenters. The number of halogens is 3. The molecule has 39 heavy (non-hydrogen) atoms. The van der Waals surface area contributed by atoms with Crippen molar-refractivity contribution < 1.29 is 8.78 Å². The standard InChI is InChI=1S/C29H32ClF2N7/c1-19-20(14-33)3-8-26(35-19)38-16-28(17-38)12-22(13-28)27(36-34-2)39-10-9-37(18-29(31,32)23-4-5-23)15-21-11-24(30)6-7-25(21)39/h3,6-8,11,22-23H,2,4-5,9-10,12-13,15-18H2,1H3/b36-27-. The van der Waals surface area contributed by atoms with E-state index in [9.17, 15) is 14.0 Å². The molecule has 10 heteroatoms. The minimum Gasteiger partial charge on any atom is -0.355 e. The largest absolute Gasteiger partial charge is 0.355 e. The van der Waals surface area contributed by atoms with Crippen molar-refractivity contribution in [2.24, 2.45) is 27.5 Å². The quantitative estimate of drug-likeness (QED) is 0.269. The number of amidine groups is 1. The number of nitrogens with zero attached hydrogens (tertiary/aromatic N) is 7. The lowest BCUT2D eigenvalue weighted by atomic mass is 9.57. The van der Waals surface area contributed by atoms with E-state index in [0.29, 0.717) is 43.1 Å². The molecule has 2 saturated carbocycles. The van der Waals surface area contributed by atoms with E-state index in [0.717, 1.165) is 54.5 Å². The van der Waals surface area contributed by atoms with Gasteiger partial charge in [0.2, 0.25) is 0 Å². The Hall–Kier alpha value is -3.09. The molecule has 0 bridgehead atoms. The summed E-state index contributed by atoms with van der Waals surface area (Å²) in [4.78, 5) is 10.9. The first-order valence-corrected chi connectivity index (χ1v) is 13.9. The van der Waals surface area contributed by atoms with Gasteiger partial charge in [0.15, 0.2) is 0 Å². The summed E-state index contributed by atoms with van der Waals surface area (Å²) in [6.07, 6.45) is 3.16. The number of rotatable bonds is 6. The van der Waals surface area contributed by atoms with Crippen LogP contribution in [-0.4, -0.2) is 61.1 Å². The average molecular weight is 552 g/mol. The van der Waals surface area contributed by atoms with Crippen molar-refractivity contribution in [2.75, 3.05) is 42.5 Å². The highest BCUT2D eigenvalue weighted by Gasteiger charge is 2.55. The van der Waals surface area contributed by atoms with E-state index in [4.69, 9.17) is 11.6 Å². The number of aryl methyl sites for hydroxylation is 1. The third kappa shape index (κ3) is 5.01. The zero-order valence-corrected chi connectivity index (χ0v) is 22.8. The molecule has 2 aliphatic carbocycles. The van der Waals surface area contributed by atoms with Crippen molar-refractivity contribution in [3.05, 3.63) is 52.2 Å². The second-order valence-electron chi connectivity index (χ2n) is 11.6. The molecule has 0 N–H and O–H groups in total. The van der Waals surface area contributed by atoms with E-state index < -0.39 is 11.8 Å². The molecular formula is C29H32ClF2N7. The van der Waals surface area contributed by atoms with Gasteiger partial charge in [-0.1, -0.05) is 11.6 Å². The molecule has 204 valence electrons. The van der Waals surface area contributed by atoms with E-state index in [1.165, 1.54) is 0 Å². The smallest absolute Gasteiger partial charge is 0.263 e. The molecule has 0 atom stereocenters. The maximum absolute atomic E-state index is 14.7. The minimum atomic E-state index is -2.67. The van der Waals surface area contributed by atoms with Crippen molar-refractivity contribution >= 4 is 35.7 Å². The van der Waals surface area contributed by atoms with Gasteiger partial charge in [0.25, 0.3) is 5.92 Å². The van der Waals surface area contributed by atoms with Crippen molar-refractivity contribution in [3.63, 3.8) is 0 Å². The Morgan fingerprint density at radius 2 is 2.00 bits per heavy atom. The second kappa shape index (κ2) is 9.83. The first kappa shape index (κ1) is 26.1. The molecule has 3 heterocycles. The predicted octanol–water partition coefficient (Wildman–Crippen LogP) is 5.51. The van der Waals surface area contributed by atoms with E-state index in [-0.39, 0.29) is 17.9 Å². The molecule has 1 saturated heterocycles. The summed E-state index contributed by atoms with van der Waals surface area (Å²) in [5.74, 6) is -1.21. The highest BCUT2D eigenvalue weighted by atomic mass is 35.5. The van der Waals surface area contributed by atoms with Crippen LogP contribution in [0.25, 0.3) is 0 Å². The summed E-state index contributed by atoms with van der Waals surface area (Å²) in [6, 6.07) is 11.6. The topological polar surface area (TPSA) is 71.1 Å². The summed E-state index contributed by atoms with van der Waals surface area (Å²) >= 11 is 6.35. The SMILES string of the molecule is C=N/N=C(/C1CC2(C1)CN(c1ccc(C#N)c(C)n1)C2)N1CCN(CC(F)(F)C2CC2)Cc2cc(Cl)ccc21. The van der Waals surface area contributed by atoms with Gasteiger partial charge in [-0.15, -0.1) is 5.10 Å². The molecule has 2 aromatic rings. The summed E-state index contributed by atoms with van der Waals surface area (Å²) in [7, 11) is 0. The van der Waals surface area contributed by atoms with Crippen LogP contribution in [0, 0.1) is 35.5 Å². The van der Waals surface area contributed by atoms with Crippen LogP contribution in [0.15, 0.2) is 40.5 Å². The second-order valence-corrected chi connectivity index (χ2v) is 12.1. The molecule has 2 aliphatic heterocycles. The summed E-state index contributed by atoms with van der Waals surface area (Å²) < 4.78 is 29.5. The maximum atomic E-state index is 14.7. The number of fused-ring (bicyclic) bond motifs is 1. The van der Waals surface area contributed by atoms with Gasteiger partial charge < -0.3 is 9.80 Å². The summed E-state index contributed by atoms with van der Waals surface area (Å²) in [5.41, 5.74) is 3.42. The fourth-order valence-corrected chi connectivity index (χ4v) is 6.75. The fraction of sp³-hybridized carbons (Fsp3) is 0.517. The van der Waals surface area contributed by atoms with Crippen molar-refractivity contribution in [2.45, 2.75) is 45.1 Å². The molecule has 1 aromatic carbocycles. The van der Waals surface area contributed by atoms with Crippen LogP contribution in [0.4, 0.5) is 20.3 Å². The molecular weight excluding hydrogens is 520 g/mol. The first-order valence-electron chi connectivity index (χ1n) is 13.5. The van der Waals surface area contributed by atoms with E-state index >= 15 is 0 Å². The van der Waals surface area contributed by atoms with E-state index in [1.807, 2.05) is 42.2 Å². The Bertz CT molecular complexity index is 1350. The molecule has 1 aromatic heterocycles. The number of hydrogen-bond donors (Lipinski definition) is 0. The van der Waals surface area contributed by atoms with Gasteiger partial charge in [-0.2, -0.15) is 10.4 Å². The van der Waals surface area contributed by atoms with Crippen LogP contribution in [0.2, 0.25) is 5.02 Å². The molecule has 4 aliphatic rings. The maximum Gasteiger partial charge on any atom is 0.263 e. The van der Waals surface area contributed by atoms with Gasteiger partial charge in [-0.05, 0) is 68.5 Å². The first-order chi connectivity index (χ1) is 18.7. The molecule has 0 radical (unpaired) electrons. The number of benzene rings is 1. The molecule has 0 amide bonds. The van der Waals surface area contributed by atoms with Gasteiger partial charge in [0.1, 0.15) is 17.7 Å². The third-order valence-electron chi connectivity index (χ3n) is 8.72. The summed E-state index contributed by atoms with van der Waals surface area (Å²) in [6.45, 7) is 8.54. The lowest BCUT2D eigenvalue weighted by Gasteiger charge is -2.60. The number of anilines is 2. The Balaban J connectivity index is 1.17. The van der Waals surface area contributed by atoms with Gasteiger partial charge in [0.05, 0.1) is 17.8 Å². The van der Waals surface area contributed by atoms with Gasteiger partial charge in [0, 0.05) is 67.4 Å². The van der Waals surface area contributed by atoms with Crippen LogP contribution in [0.5, 0.6) is 0 Å². The minimum absolute atomic E-state index is 0.198. The Morgan fingerprint density at radius 1 is 1.23 bits per heavy atom. The van der Waals surface area contributed by atoms with Crippen LogP contribution < -0.4 is 9.80 Å². The van der Waals surface area contributed by atoms with Gasteiger partial charge in [-0.25, -0.2) is 13.8 Å². The lowest BCUT2D eigenvalue weighted by Crippen LogP contribution is -2.64. The monoisotopic (exact) mass is 551 g/mol. The van der Waals surface area contributed by atoms with Crippen LogP contribution in [-0.2, 0) is 6.54 Å². The van der Waals surface area contributed by atoms with E-state index in [2.05, 4.69) is 37.8 Å². The van der Waals surface area contributed by atoms with Crippen molar-refractivity contribution in [3.8, 4) is 6.07 Å². The molecule has 1 spiro atoms. The van der Waals surface area contributed by atoms with Crippen LogP contribution in [0.1, 0.15) is 42.5 Å². The molecule has 7 nitrogen and oxygen atoms in total. The highest BCUT2D eigenvalue weighted by molar-refractivity contribution is 6.30. The number of pyridine rings is 1. The highest BCUT2D eigenvalue weighted by Crippen LogP contribution is 2.54.